The van der Waals surface area contributed by atoms with Crippen molar-refractivity contribution in [3.63, 3.8) is 0 Å². The van der Waals surface area contributed by atoms with E-state index in [-0.39, 0.29) is 0 Å². The number of aliphatic hydroxyl groups excluding tert-OH is 1. The summed E-state index contributed by atoms with van der Waals surface area (Å²) in [5.74, 6) is 0.897. The Balaban J connectivity index is 1.50. The Hall–Kier alpha value is -3.16. The number of sulfonamides is 1. The van der Waals surface area contributed by atoms with Gasteiger partial charge in [0.2, 0.25) is 10.0 Å². The van der Waals surface area contributed by atoms with E-state index in [1.54, 1.807) is 19.1 Å². The van der Waals surface area contributed by atoms with Crippen LogP contribution in [-0.2, 0) is 22.9 Å². The van der Waals surface area contributed by atoms with Crippen LogP contribution in [0.1, 0.15) is 30.0 Å². The number of hydrogen-bond donors (Lipinski definition) is 3. The van der Waals surface area contributed by atoms with Crippen LogP contribution in [0.15, 0.2) is 66.7 Å². The van der Waals surface area contributed by atoms with Crippen molar-refractivity contribution in [2.45, 2.75) is 25.9 Å². The molecule has 7 heteroatoms. The van der Waals surface area contributed by atoms with Crippen molar-refractivity contribution in [3.05, 3.63) is 83.7 Å². The summed E-state index contributed by atoms with van der Waals surface area (Å²) in [6.07, 6.45) is 2.13. The first kappa shape index (κ1) is 21.1. The van der Waals surface area contributed by atoms with E-state index in [1.165, 1.54) is 0 Å². The molecular weight excluding hydrogens is 410 g/mol. The Morgan fingerprint density at radius 2 is 1.77 bits per heavy atom. The molecule has 3 N–H and O–H groups in total. The summed E-state index contributed by atoms with van der Waals surface area (Å²) in [5.41, 5.74) is 6.47. The molecule has 0 saturated heterocycles. The van der Waals surface area contributed by atoms with E-state index in [1.807, 2.05) is 48.5 Å². The summed E-state index contributed by atoms with van der Waals surface area (Å²) in [5, 5.41) is 10.1. The maximum absolute atomic E-state index is 11.3. The molecule has 3 aromatic carbocycles. The Labute approximate surface area is 182 Å². The number of aromatic amines is 1. The van der Waals surface area contributed by atoms with Gasteiger partial charge >= 0.3 is 0 Å². The molecule has 31 heavy (non-hydrogen) atoms. The second-order valence-corrected chi connectivity index (χ2v) is 9.50. The fourth-order valence-corrected chi connectivity index (χ4v) is 4.25. The summed E-state index contributed by atoms with van der Waals surface area (Å²) in [6, 6.07) is 21.3. The van der Waals surface area contributed by atoms with Crippen LogP contribution in [0, 0.1) is 0 Å². The van der Waals surface area contributed by atoms with E-state index in [9.17, 15) is 13.5 Å². The van der Waals surface area contributed by atoms with Gasteiger partial charge in [0.1, 0.15) is 5.82 Å². The smallest absolute Gasteiger partial charge is 0.229 e. The molecule has 0 fully saturated rings. The van der Waals surface area contributed by atoms with E-state index < -0.39 is 16.1 Å². The zero-order valence-electron chi connectivity index (χ0n) is 17.5. The number of aromatic nitrogens is 2. The van der Waals surface area contributed by atoms with Crippen LogP contribution >= 0.6 is 0 Å². The molecule has 0 amide bonds. The lowest BCUT2D eigenvalue weighted by Crippen LogP contribution is -2.09. The van der Waals surface area contributed by atoms with Gasteiger partial charge in [-0.25, -0.2) is 13.4 Å². The molecule has 1 unspecified atom stereocenters. The fourth-order valence-electron chi connectivity index (χ4n) is 3.69. The predicted molar refractivity (Wildman–Crippen MR) is 124 cm³/mol. The van der Waals surface area contributed by atoms with Crippen molar-refractivity contribution in [1.82, 2.24) is 9.97 Å². The van der Waals surface area contributed by atoms with E-state index in [2.05, 4.69) is 20.8 Å². The number of H-pyrrole nitrogens is 1. The van der Waals surface area contributed by atoms with Crippen LogP contribution in [0.2, 0.25) is 0 Å². The zero-order valence-corrected chi connectivity index (χ0v) is 18.3. The lowest BCUT2D eigenvalue weighted by Gasteiger charge is -2.11. The number of hydrogen-bond acceptors (Lipinski definition) is 4. The first-order chi connectivity index (χ1) is 14.8. The largest absolute Gasteiger partial charge is 0.389 e. The highest BCUT2D eigenvalue weighted by Crippen LogP contribution is 2.30. The highest BCUT2D eigenvalue weighted by molar-refractivity contribution is 7.92. The van der Waals surface area contributed by atoms with Gasteiger partial charge in [0.05, 0.1) is 23.4 Å². The minimum absolute atomic E-state index is 0.539. The standard InChI is InChI=1S/C24H25N3O3S/c1-16(28)20-5-3-4-6-21(20)18-10-13-22-23(15-18)26-24(25-22)14-9-17-7-11-19(12-8-17)27-31(2,29)30/h3-8,10-13,15-16,27-28H,9,14H2,1-2H3,(H,25,26). The number of anilines is 1. The summed E-state index contributed by atoms with van der Waals surface area (Å²) in [7, 11) is -3.27. The molecule has 1 heterocycles. The average Bonchev–Trinajstić information content (AvgIpc) is 3.14. The number of aliphatic hydroxyl groups is 1. The van der Waals surface area contributed by atoms with Crippen molar-refractivity contribution >= 4 is 26.7 Å². The minimum Gasteiger partial charge on any atom is -0.389 e. The lowest BCUT2D eigenvalue weighted by molar-refractivity contribution is 0.200. The number of imidazole rings is 1. The summed E-state index contributed by atoms with van der Waals surface area (Å²) in [6.45, 7) is 1.77. The van der Waals surface area contributed by atoms with Crippen molar-refractivity contribution in [3.8, 4) is 11.1 Å². The van der Waals surface area contributed by atoms with Crippen molar-refractivity contribution < 1.29 is 13.5 Å². The predicted octanol–water partition coefficient (Wildman–Crippen LogP) is 4.44. The molecule has 0 spiro atoms. The number of benzene rings is 3. The molecule has 160 valence electrons. The fraction of sp³-hybridized carbons (Fsp3) is 0.208. The Bertz CT molecular complexity index is 1310. The van der Waals surface area contributed by atoms with Crippen LogP contribution in [-0.4, -0.2) is 29.7 Å². The van der Waals surface area contributed by atoms with Crippen LogP contribution in [0.25, 0.3) is 22.2 Å². The monoisotopic (exact) mass is 435 g/mol. The SMILES string of the molecule is CC(O)c1ccccc1-c1ccc2nc(CCc3ccc(NS(C)(=O)=O)cc3)[nH]c2c1. The van der Waals surface area contributed by atoms with Gasteiger partial charge in [-0.15, -0.1) is 0 Å². The van der Waals surface area contributed by atoms with E-state index >= 15 is 0 Å². The van der Waals surface area contributed by atoms with E-state index in [0.717, 1.165) is 58.2 Å². The molecule has 6 nitrogen and oxygen atoms in total. The first-order valence-corrected chi connectivity index (χ1v) is 12.0. The number of nitrogens with zero attached hydrogens (tertiary/aromatic N) is 1. The molecule has 1 atom stereocenters. The Morgan fingerprint density at radius 1 is 1.03 bits per heavy atom. The molecule has 0 radical (unpaired) electrons. The van der Waals surface area contributed by atoms with Gasteiger partial charge in [0.25, 0.3) is 0 Å². The molecule has 0 aliphatic carbocycles. The van der Waals surface area contributed by atoms with Gasteiger partial charge in [-0.05, 0) is 59.9 Å². The topological polar surface area (TPSA) is 95.1 Å². The average molecular weight is 436 g/mol. The van der Waals surface area contributed by atoms with E-state index in [4.69, 9.17) is 0 Å². The maximum atomic E-state index is 11.3. The molecule has 0 aliphatic heterocycles. The number of nitrogens with one attached hydrogen (secondary N) is 2. The van der Waals surface area contributed by atoms with Crippen molar-refractivity contribution in [2.24, 2.45) is 0 Å². The molecule has 0 bridgehead atoms. The molecule has 1 aromatic heterocycles. The number of rotatable bonds is 7. The third-order valence-electron chi connectivity index (χ3n) is 5.16. The lowest BCUT2D eigenvalue weighted by atomic mass is 9.96. The van der Waals surface area contributed by atoms with Gasteiger partial charge < -0.3 is 10.1 Å². The maximum Gasteiger partial charge on any atom is 0.229 e. The highest BCUT2D eigenvalue weighted by Gasteiger charge is 2.11. The second kappa shape index (κ2) is 8.53. The van der Waals surface area contributed by atoms with Gasteiger partial charge in [-0.2, -0.15) is 0 Å². The van der Waals surface area contributed by atoms with Crippen LogP contribution in [0.4, 0.5) is 5.69 Å². The molecular formula is C24H25N3O3S. The van der Waals surface area contributed by atoms with E-state index in [0.29, 0.717) is 5.69 Å². The Kier molecular flexibility index (Phi) is 5.80. The van der Waals surface area contributed by atoms with Crippen molar-refractivity contribution in [1.29, 1.82) is 0 Å². The third-order valence-corrected chi connectivity index (χ3v) is 5.77. The molecule has 0 aliphatic rings. The molecule has 4 aromatic rings. The summed E-state index contributed by atoms with van der Waals surface area (Å²) < 4.78 is 25.1. The number of fused-ring (bicyclic) bond motifs is 1. The van der Waals surface area contributed by atoms with Gasteiger partial charge in [0.15, 0.2) is 0 Å². The normalized spacial score (nSPS) is 12.7. The highest BCUT2D eigenvalue weighted by atomic mass is 32.2. The van der Waals surface area contributed by atoms with Crippen LogP contribution < -0.4 is 4.72 Å². The minimum atomic E-state index is -3.27. The quantitative estimate of drug-likeness (QED) is 0.400. The van der Waals surface area contributed by atoms with Gasteiger partial charge in [0, 0.05) is 12.1 Å². The van der Waals surface area contributed by atoms with Crippen LogP contribution in [0.3, 0.4) is 0 Å². The third kappa shape index (κ3) is 5.13. The summed E-state index contributed by atoms with van der Waals surface area (Å²) >= 11 is 0. The number of aryl methyl sites for hydroxylation is 2. The molecule has 4 rings (SSSR count). The second-order valence-electron chi connectivity index (χ2n) is 7.75. The summed E-state index contributed by atoms with van der Waals surface area (Å²) in [4.78, 5) is 8.09. The van der Waals surface area contributed by atoms with Crippen molar-refractivity contribution in [2.75, 3.05) is 11.0 Å². The van der Waals surface area contributed by atoms with Gasteiger partial charge in [-0.1, -0.05) is 42.5 Å². The zero-order chi connectivity index (χ0) is 22.0. The van der Waals surface area contributed by atoms with Crippen LogP contribution in [0.5, 0.6) is 0 Å². The molecule has 0 saturated carbocycles. The van der Waals surface area contributed by atoms with Gasteiger partial charge in [-0.3, -0.25) is 4.72 Å². The first-order valence-electron chi connectivity index (χ1n) is 10.1. The Morgan fingerprint density at radius 3 is 2.48 bits per heavy atom.